The predicted octanol–water partition coefficient (Wildman–Crippen LogP) is 4.07. The van der Waals surface area contributed by atoms with Crippen molar-refractivity contribution in [2.24, 2.45) is 0 Å². The summed E-state index contributed by atoms with van der Waals surface area (Å²) >= 11 is 2.68. The molecule has 1 unspecified atom stereocenters. The van der Waals surface area contributed by atoms with Crippen LogP contribution in [0, 0.1) is 12.3 Å². The number of terminal acetylenes is 1. The number of allylic oxidation sites excluding steroid dienone is 3. The van der Waals surface area contributed by atoms with E-state index in [1.165, 1.54) is 83.8 Å². The van der Waals surface area contributed by atoms with Gasteiger partial charge in [-0.3, -0.25) is 0 Å². The molecular formula is C24H41ClIN. The van der Waals surface area contributed by atoms with Crippen LogP contribution in [0.4, 0.5) is 0 Å². The first-order valence-corrected chi connectivity index (χ1v) is 12.0. The number of rotatable bonds is 15. The molecule has 0 spiro atoms. The highest BCUT2D eigenvalue weighted by Gasteiger charge is 2.36. The number of alkyl halides is 1. The fourth-order valence-corrected chi connectivity index (χ4v) is 5.28. The number of quaternary nitrogens is 1. The van der Waals surface area contributed by atoms with E-state index in [-0.39, 0.29) is 15.8 Å². The van der Waals surface area contributed by atoms with Crippen molar-refractivity contribution < 1.29 is 16.9 Å². The first-order valence-electron chi connectivity index (χ1n) is 10.9. The Morgan fingerprint density at radius 3 is 1.93 bits per heavy atom. The van der Waals surface area contributed by atoms with Crippen LogP contribution in [-0.4, -0.2) is 34.1 Å². The van der Waals surface area contributed by atoms with E-state index in [4.69, 9.17) is 6.42 Å². The third-order valence-electron chi connectivity index (χ3n) is 5.60. The average molecular weight is 506 g/mol. The van der Waals surface area contributed by atoms with Gasteiger partial charge in [-0.25, -0.2) is 0 Å². The first kappa shape index (κ1) is 27.0. The third kappa shape index (κ3) is 11.6. The molecule has 0 aliphatic heterocycles. The summed E-state index contributed by atoms with van der Waals surface area (Å²) in [5, 5.41) is 0. The largest absolute Gasteiger partial charge is 1.00 e. The van der Waals surface area contributed by atoms with Gasteiger partial charge in [0.05, 0.1) is 23.1 Å². The van der Waals surface area contributed by atoms with Crippen LogP contribution in [0.25, 0.3) is 0 Å². The lowest BCUT2D eigenvalue weighted by Crippen LogP contribution is -3.00. The van der Waals surface area contributed by atoms with Gasteiger partial charge in [0.2, 0.25) is 0 Å². The van der Waals surface area contributed by atoms with Crippen molar-refractivity contribution in [3.63, 3.8) is 0 Å². The molecular weight excluding hydrogens is 465 g/mol. The molecule has 0 heterocycles. The number of halogens is 2. The topological polar surface area (TPSA) is 0 Å². The normalized spacial score (nSPS) is 18.9. The highest BCUT2D eigenvalue weighted by Crippen LogP contribution is 2.33. The summed E-state index contributed by atoms with van der Waals surface area (Å²) in [6.45, 7) is 9.16. The minimum Gasteiger partial charge on any atom is -1.00 e. The molecule has 1 aliphatic rings. The standard InChI is InChI=1S/C24H41IN.ClH/c1-4-7-9-11-16-21-26(20-6-3,22-17-12-10-8-5-2)23-24(25)18-14-13-15-19-24;/h3,13-15,18H,4-5,7-12,16-17,19-23H2,1-2H3;1H/q+1;/p-1. The lowest BCUT2D eigenvalue weighted by atomic mass is 9.97. The van der Waals surface area contributed by atoms with Gasteiger partial charge in [-0.05, 0) is 38.0 Å². The summed E-state index contributed by atoms with van der Waals surface area (Å²) < 4.78 is 1.35. The fraction of sp³-hybridized carbons (Fsp3) is 0.750. The Morgan fingerprint density at radius 1 is 0.926 bits per heavy atom. The van der Waals surface area contributed by atoms with Crippen LogP contribution in [0.15, 0.2) is 24.3 Å². The van der Waals surface area contributed by atoms with Crippen LogP contribution in [0.3, 0.4) is 0 Å². The zero-order chi connectivity index (χ0) is 19.1. The molecule has 1 nitrogen and oxygen atoms in total. The van der Waals surface area contributed by atoms with Gasteiger partial charge >= 0.3 is 0 Å². The van der Waals surface area contributed by atoms with Crippen molar-refractivity contribution >= 4 is 22.6 Å². The van der Waals surface area contributed by atoms with Crippen molar-refractivity contribution in [3.8, 4) is 12.3 Å². The van der Waals surface area contributed by atoms with Crippen molar-refractivity contribution in [2.45, 2.75) is 87.9 Å². The van der Waals surface area contributed by atoms with Crippen LogP contribution in [-0.2, 0) is 0 Å². The maximum Gasteiger partial charge on any atom is 0.140 e. The summed E-state index contributed by atoms with van der Waals surface area (Å²) in [6, 6.07) is 0. The molecule has 1 aliphatic carbocycles. The van der Waals surface area contributed by atoms with Gasteiger partial charge in [0.1, 0.15) is 6.54 Å². The first-order chi connectivity index (χ1) is 12.6. The monoisotopic (exact) mass is 505 g/mol. The molecule has 0 aromatic carbocycles. The van der Waals surface area contributed by atoms with Gasteiger partial charge in [-0.15, -0.1) is 6.42 Å². The van der Waals surface area contributed by atoms with Crippen molar-refractivity contribution in [1.29, 1.82) is 0 Å². The van der Waals surface area contributed by atoms with E-state index in [0.29, 0.717) is 0 Å². The number of hydrogen-bond donors (Lipinski definition) is 0. The average Bonchev–Trinajstić information content (AvgIpc) is 2.62. The second-order valence-corrected chi connectivity index (χ2v) is 10.3. The molecule has 156 valence electrons. The van der Waals surface area contributed by atoms with E-state index >= 15 is 0 Å². The maximum atomic E-state index is 5.87. The highest BCUT2D eigenvalue weighted by molar-refractivity contribution is 14.1. The van der Waals surface area contributed by atoms with Crippen LogP contribution >= 0.6 is 22.6 Å². The van der Waals surface area contributed by atoms with Crippen molar-refractivity contribution in [1.82, 2.24) is 0 Å². The highest BCUT2D eigenvalue weighted by atomic mass is 127. The molecule has 27 heavy (non-hydrogen) atoms. The van der Waals surface area contributed by atoms with Gasteiger partial charge in [0.25, 0.3) is 0 Å². The summed E-state index contributed by atoms with van der Waals surface area (Å²) in [5.74, 6) is 3.05. The zero-order valence-electron chi connectivity index (χ0n) is 17.7. The fourth-order valence-electron chi connectivity index (χ4n) is 4.09. The van der Waals surface area contributed by atoms with E-state index in [0.717, 1.165) is 17.4 Å². The molecule has 3 heteroatoms. The molecule has 1 rings (SSSR count). The molecule has 0 saturated carbocycles. The molecule has 0 N–H and O–H groups in total. The molecule has 0 saturated heterocycles. The molecule has 0 aromatic heterocycles. The van der Waals surface area contributed by atoms with Gasteiger partial charge in [0, 0.05) is 0 Å². The minimum atomic E-state index is 0. The zero-order valence-corrected chi connectivity index (χ0v) is 20.6. The van der Waals surface area contributed by atoms with Crippen LogP contribution in [0.2, 0.25) is 0 Å². The number of nitrogens with zero attached hydrogens (tertiary/aromatic N) is 1. The summed E-state index contributed by atoms with van der Waals surface area (Å²) in [5.41, 5.74) is 0. The van der Waals surface area contributed by atoms with E-state index in [2.05, 4.69) is 66.7 Å². The summed E-state index contributed by atoms with van der Waals surface area (Å²) in [7, 11) is 0. The molecule has 0 radical (unpaired) electrons. The second-order valence-electron chi connectivity index (χ2n) is 8.16. The van der Waals surface area contributed by atoms with Crippen LogP contribution in [0.5, 0.6) is 0 Å². The van der Waals surface area contributed by atoms with E-state index in [1.54, 1.807) is 0 Å². The van der Waals surface area contributed by atoms with Gasteiger partial charge in [0.15, 0.2) is 0 Å². The Balaban J connectivity index is 0.00000676. The second kappa shape index (κ2) is 15.9. The molecule has 0 bridgehead atoms. The Labute approximate surface area is 189 Å². The lowest BCUT2D eigenvalue weighted by molar-refractivity contribution is -0.922. The maximum absolute atomic E-state index is 5.87. The van der Waals surface area contributed by atoms with E-state index in [1.807, 2.05) is 0 Å². The molecule has 0 amide bonds. The van der Waals surface area contributed by atoms with Crippen LogP contribution < -0.4 is 12.4 Å². The molecule has 0 aromatic rings. The van der Waals surface area contributed by atoms with Crippen LogP contribution in [0.1, 0.15) is 84.5 Å². The van der Waals surface area contributed by atoms with E-state index in [9.17, 15) is 0 Å². The Bertz CT molecular complexity index is 451. The SMILES string of the molecule is C#CC[N+](CCCCCCC)(CCCCCCC)CC1(I)C=CC=CC1.[Cl-]. The molecule has 1 atom stereocenters. The van der Waals surface area contributed by atoms with Gasteiger partial charge in [-0.1, -0.05) is 99.3 Å². The number of unbranched alkanes of at least 4 members (excludes halogenated alkanes) is 8. The van der Waals surface area contributed by atoms with Gasteiger partial charge in [-0.2, -0.15) is 0 Å². The third-order valence-corrected chi connectivity index (χ3v) is 6.74. The summed E-state index contributed by atoms with van der Waals surface area (Å²) in [6.07, 6.45) is 29.6. The predicted molar refractivity (Wildman–Crippen MR) is 126 cm³/mol. The lowest BCUT2D eigenvalue weighted by Gasteiger charge is -2.42. The van der Waals surface area contributed by atoms with E-state index < -0.39 is 0 Å². The van der Waals surface area contributed by atoms with Crippen molar-refractivity contribution in [2.75, 3.05) is 26.2 Å². The Hall–Kier alpha value is 0.0200. The van der Waals surface area contributed by atoms with Crippen molar-refractivity contribution in [3.05, 3.63) is 24.3 Å². The minimum absolute atomic E-state index is 0. The Morgan fingerprint density at radius 2 is 1.48 bits per heavy atom. The molecule has 0 fully saturated rings. The quantitative estimate of drug-likeness (QED) is 0.103. The summed E-state index contributed by atoms with van der Waals surface area (Å²) in [4.78, 5) is 0. The Kier molecular flexibility index (Phi) is 15.9. The smallest absolute Gasteiger partial charge is 0.140 e. The number of hydrogen-bond acceptors (Lipinski definition) is 0. The van der Waals surface area contributed by atoms with Gasteiger partial charge < -0.3 is 16.9 Å².